The summed E-state index contributed by atoms with van der Waals surface area (Å²) in [7, 11) is 0. The van der Waals surface area contributed by atoms with Gasteiger partial charge in [-0.05, 0) is 58.0 Å². The van der Waals surface area contributed by atoms with Crippen molar-refractivity contribution >= 4 is 16.9 Å². The molecule has 5 nitrogen and oxygen atoms in total. The fourth-order valence-corrected chi connectivity index (χ4v) is 3.21. The molecule has 0 aliphatic carbocycles. The molecule has 1 aliphatic heterocycles. The number of fused-ring (bicyclic) bond motifs is 1. The van der Waals surface area contributed by atoms with E-state index >= 15 is 0 Å². The monoisotopic (exact) mass is 314 g/mol. The molecule has 2 heterocycles. The lowest BCUT2D eigenvalue weighted by atomic mass is 10.1. The number of para-hydroxylation sites is 2. The molecule has 0 spiro atoms. The van der Waals surface area contributed by atoms with E-state index in [-0.39, 0.29) is 11.9 Å². The Labute approximate surface area is 137 Å². The molecule has 0 radical (unpaired) electrons. The second-order valence-corrected chi connectivity index (χ2v) is 6.43. The van der Waals surface area contributed by atoms with Gasteiger partial charge in [0.2, 0.25) is 5.91 Å². The van der Waals surface area contributed by atoms with Gasteiger partial charge >= 0.3 is 0 Å². The Balaban J connectivity index is 1.45. The van der Waals surface area contributed by atoms with Crippen LogP contribution >= 0.6 is 0 Å². The predicted octanol–water partition coefficient (Wildman–Crippen LogP) is 3.01. The van der Waals surface area contributed by atoms with Gasteiger partial charge < -0.3 is 15.2 Å². The third-order valence-corrected chi connectivity index (χ3v) is 4.52. The van der Waals surface area contributed by atoms with Gasteiger partial charge in [0, 0.05) is 6.42 Å². The van der Waals surface area contributed by atoms with Crippen LogP contribution in [0.1, 0.15) is 50.9 Å². The zero-order chi connectivity index (χ0) is 16.1. The van der Waals surface area contributed by atoms with E-state index in [1.54, 1.807) is 0 Å². The maximum atomic E-state index is 12.1. The highest BCUT2D eigenvalue weighted by Gasteiger charge is 2.14. The van der Waals surface area contributed by atoms with Gasteiger partial charge in [-0.25, -0.2) is 4.98 Å². The smallest absolute Gasteiger partial charge is 0.220 e. The number of aromatic amines is 1. The SMILES string of the molecule is CC(NC(=O)CCCN1CCCCC1)c1nc2ccccc2[nH]1. The summed E-state index contributed by atoms with van der Waals surface area (Å²) in [5.41, 5.74) is 1.95. The van der Waals surface area contributed by atoms with Gasteiger partial charge in [-0.2, -0.15) is 0 Å². The van der Waals surface area contributed by atoms with Gasteiger partial charge in [0.1, 0.15) is 5.82 Å². The van der Waals surface area contributed by atoms with Gasteiger partial charge in [-0.1, -0.05) is 18.6 Å². The largest absolute Gasteiger partial charge is 0.346 e. The molecule has 1 amide bonds. The first kappa shape index (κ1) is 16.0. The number of hydrogen-bond donors (Lipinski definition) is 2. The number of rotatable bonds is 6. The van der Waals surface area contributed by atoms with Gasteiger partial charge in [-0.15, -0.1) is 0 Å². The molecule has 1 aromatic carbocycles. The quantitative estimate of drug-likeness (QED) is 0.861. The summed E-state index contributed by atoms with van der Waals surface area (Å²) in [6.45, 7) is 5.39. The Morgan fingerprint density at radius 2 is 2.09 bits per heavy atom. The second kappa shape index (κ2) is 7.59. The summed E-state index contributed by atoms with van der Waals surface area (Å²) in [4.78, 5) is 22.4. The normalized spacial score (nSPS) is 17.3. The molecular formula is C18H26N4O. The number of piperidine rings is 1. The van der Waals surface area contributed by atoms with E-state index in [2.05, 4.69) is 20.2 Å². The molecule has 1 fully saturated rings. The van der Waals surface area contributed by atoms with Crippen LogP contribution in [-0.4, -0.2) is 40.4 Å². The minimum absolute atomic E-state index is 0.0927. The van der Waals surface area contributed by atoms with Crippen molar-refractivity contribution in [3.63, 3.8) is 0 Å². The summed E-state index contributed by atoms with van der Waals surface area (Å²) in [6.07, 6.45) is 5.47. The van der Waals surface area contributed by atoms with Crippen molar-refractivity contribution in [2.75, 3.05) is 19.6 Å². The van der Waals surface area contributed by atoms with Crippen molar-refractivity contribution in [3.05, 3.63) is 30.1 Å². The van der Waals surface area contributed by atoms with Crippen molar-refractivity contribution in [1.82, 2.24) is 20.2 Å². The number of imidazole rings is 1. The van der Waals surface area contributed by atoms with Crippen LogP contribution in [0, 0.1) is 0 Å². The molecule has 1 aromatic heterocycles. The standard InChI is InChI=1S/C18H26N4O/c1-14(18-20-15-8-3-4-9-16(15)21-18)19-17(23)10-7-13-22-11-5-2-6-12-22/h3-4,8-9,14H,2,5-7,10-13H2,1H3,(H,19,23)(H,20,21). The number of benzene rings is 1. The Hall–Kier alpha value is -1.88. The zero-order valence-electron chi connectivity index (χ0n) is 13.8. The summed E-state index contributed by atoms with van der Waals surface area (Å²) in [5.74, 6) is 0.922. The molecule has 1 unspecified atom stereocenters. The van der Waals surface area contributed by atoms with Gasteiger partial charge in [0.05, 0.1) is 17.1 Å². The van der Waals surface area contributed by atoms with E-state index < -0.39 is 0 Å². The number of H-pyrrole nitrogens is 1. The van der Waals surface area contributed by atoms with Crippen LogP contribution in [0.25, 0.3) is 11.0 Å². The summed E-state index contributed by atoms with van der Waals surface area (Å²) in [6, 6.07) is 7.83. The van der Waals surface area contributed by atoms with Gasteiger partial charge in [0.25, 0.3) is 0 Å². The van der Waals surface area contributed by atoms with Crippen molar-refractivity contribution in [2.45, 2.75) is 45.1 Å². The first-order valence-corrected chi connectivity index (χ1v) is 8.69. The highest BCUT2D eigenvalue weighted by atomic mass is 16.1. The van der Waals surface area contributed by atoms with Crippen LogP contribution in [0.5, 0.6) is 0 Å². The lowest BCUT2D eigenvalue weighted by Gasteiger charge is -2.26. The molecule has 0 bridgehead atoms. The van der Waals surface area contributed by atoms with Crippen LogP contribution < -0.4 is 5.32 Å². The number of carbonyl (C=O) groups is 1. The maximum Gasteiger partial charge on any atom is 0.220 e. The minimum Gasteiger partial charge on any atom is -0.346 e. The van der Waals surface area contributed by atoms with Crippen molar-refractivity contribution in [2.24, 2.45) is 0 Å². The molecule has 0 saturated carbocycles. The van der Waals surface area contributed by atoms with Crippen molar-refractivity contribution in [1.29, 1.82) is 0 Å². The average molecular weight is 314 g/mol. The van der Waals surface area contributed by atoms with E-state index in [0.717, 1.165) is 29.8 Å². The number of nitrogens with one attached hydrogen (secondary N) is 2. The first-order valence-electron chi connectivity index (χ1n) is 8.69. The van der Waals surface area contributed by atoms with E-state index in [9.17, 15) is 4.79 Å². The molecule has 1 saturated heterocycles. The van der Waals surface area contributed by atoms with E-state index in [1.807, 2.05) is 31.2 Å². The number of carbonyl (C=O) groups excluding carboxylic acids is 1. The average Bonchev–Trinajstić information content (AvgIpc) is 3.00. The summed E-state index contributed by atoms with van der Waals surface area (Å²) >= 11 is 0. The van der Waals surface area contributed by atoms with Gasteiger partial charge in [0.15, 0.2) is 0 Å². The number of likely N-dealkylation sites (tertiary alicyclic amines) is 1. The summed E-state index contributed by atoms with van der Waals surface area (Å²) in [5, 5.41) is 3.04. The molecular weight excluding hydrogens is 288 g/mol. The van der Waals surface area contributed by atoms with E-state index in [1.165, 1.54) is 32.4 Å². The first-order chi connectivity index (χ1) is 11.2. The highest BCUT2D eigenvalue weighted by Crippen LogP contribution is 2.15. The number of amides is 1. The van der Waals surface area contributed by atoms with Gasteiger partial charge in [-0.3, -0.25) is 4.79 Å². The lowest BCUT2D eigenvalue weighted by molar-refractivity contribution is -0.121. The van der Waals surface area contributed by atoms with Crippen LogP contribution in [0.2, 0.25) is 0 Å². The molecule has 124 valence electrons. The molecule has 2 N–H and O–H groups in total. The third-order valence-electron chi connectivity index (χ3n) is 4.52. The topological polar surface area (TPSA) is 61.0 Å². The van der Waals surface area contributed by atoms with Crippen LogP contribution in [0.4, 0.5) is 0 Å². The second-order valence-electron chi connectivity index (χ2n) is 6.43. The molecule has 23 heavy (non-hydrogen) atoms. The molecule has 1 atom stereocenters. The maximum absolute atomic E-state index is 12.1. The fourth-order valence-electron chi connectivity index (χ4n) is 3.21. The predicted molar refractivity (Wildman–Crippen MR) is 92.2 cm³/mol. The fraction of sp³-hybridized carbons (Fsp3) is 0.556. The van der Waals surface area contributed by atoms with Crippen molar-refractivity contribution < 1.29 is 4.79 Å². The molecule has 3 rings (SSSR count). The number of aromatic nitrogens is 2. The van der Waals surface area contributed by atoms with E-state index in [0.29, 0.717) is 6.42 Å². The molecule has 5 heteroatoms. The Morgan fingerprint density at radius 3 is 2.87 bits per heavy atom. The highest BCUT2D eigenvalue weighted by molar-refractivity contribution is 5.77. The third kappa shape index (κ3) is 4.32. The molecule has 1 aliphatic rings. The Bertz CT molecular complexity index is 612. The van der Waals surface area contributed by atoms with E-state index in [4.69, 9.17) is 0 Å². The minimum atomic E-state index is -0.0927. The zero-order valence-corrected chi connectivity index (χ0v) is 13.8. The lowest BCUT2D eigenvalue weighted by Crippen LogP contribution is -2.32. The molecule has 2 aromatic rings. The van der Waals surface area contributed by atoms with Crippen LogP contribution in [0.15, 0.2) is 24.3 Å². The number of hydrogen-bond acceptors (Lipinski definition) is 3. The Morgan fingerprint density at radius 1 is 1.30 bits per heavy atom. The Kier molecular flexibility index (Phi) is 5.28. The van der Waals surface area contributed by atoms with Crippen LogP contribution in [-0.2, 0) is 4.79 Å². The number of nitrogens with zero attached hydrogens (tertiary/aromatic N) is 2. The summed E-state index contributed by atoms with van der Waals surface area (Å²) < 4.78 is 0. The van der Waals surface area contributed by atoms with Crippen LogP contribution in [0.3, 0.4) is 0 Å². The van der Waals surface area contributed by atoms with Crippen molar-refractivity contribution in [3.8, 4) is 0 Å².